The number of benzene rings is 2. The molecule has 0 radical (unpaired) electrons. The molecule has 0 aliphatic carbocycles. The van der Waals surface area contributed by atoms with Crippen LogP contribution in [0.4, 0.5) is 11.4 Å². The van der Waals surface area contributed by atoms with E-state index in [0.717, 1.165) is 22.8 Å². The van der Waals surface area contributed by atoms with Gasteiger partial charge in [-0.05, 0) is 29.7 Å². The molecular formula is C16H18N2O2S. The lowest BCUT2D eigenvalue weighted by molar-refractivity contribution is -0.384. The van der Waals surface area contributed by atoms with E-state index in [0.29, 0.717) is 0 Å². The highest BCUT2D eigenvalue weighted by Gasteiger charge is 2.10. The van der Waals surface area contributed by atoms with Crippen molar-refractivity contribution in [3.8, 4) is 0 Å². The van der Waals surface area contributed by atoms with Crippen LogP contribution in [0.5, 0.6) is 0 Å². The molecule has 0 bridgehead atoms. The van der Waals surface area contributed by atoms with Gasteiger partial charge in [0.2, 0.25) is 0 Å². The second-order valence-electron chi connectivity index (χ2n) is 4.77. The van der Waals surface area contributed by atoms with Gasteiger partial charge in [-0.2, -0.15) is 11.8 Å². The van der Waals surface area contributed by atoms with Crippen LogP contribution in [0.25, 0.3) is 0 Å². The molecular weight excluding hydrogens is 284 g/mol. The maximum absolute atomic E-state index is 10.9. The number of non-ortho nitro benzene ring substituents is 1. The van der Waals surface area contributed by atoms with E-state index in [4.69, 9.17) is 0 Å². The molecule has 0 unspecified atom stereocenters. The molecule has 0 heterocycles. The molecule has 0 amide bonds. The first-order valence-electron chi connectivity index (χ1n) is 6.69. The Morgan fingerprint density at radius 1 is 1.14 bits per heavy atom. The number of rotatable bonds is 6. The van der Waals surface area contributed by atoms with E-state index in [2.05, 4.69) is 24.4 Å². The molecule has 2 aromatic rings. The molecule has 5 heteroatoms. The lowest BCUT2D eigenvalue weighted by Gasteiger charge is -2.09. The van der Waals surface area contributed by atoms with Gasteiger partial charge in [-0.25, -0.2) is 0 Å². The predicted octanol–water partition coefficient (Wildman–Crippen LogP) is 4.38. The standard InChI is InChI=1S/C16H18N2O2S/c1-12-5-3-4-6-13(12)10-21-11-14-9-15(18(19)20)7-8-16(14)17-2/h3-9,17H,10-11H2,1-2H3. The fourth-order valence-corrected chi connectivity index (χ4v) is 3.20. The first-order chi connectivity index (χ1) is 10.1. The lowest BCUT2D eigenvalue weighted by Crippen LogP contribution is -1.97. The topological polar surface area (TPSA) is 55.2 Å². The Morgan fingerprint density at radius 3 is 2.52 bits per heavy atom. The first-order valence-corrected chi connectivity index (χ1v) is 7.84. The maximum atomic E-state index is 10.9. The van der Waals surface area contributed by atoms with Crippen molar-refractivity contribution in [2.24, 2.45) is 0 Å². The fraction of sp³-hybridized carbons (Fsp3) is 0.250. The van der Waals surface area contributed by atoms with Gasteiger partial charge in [0.25, 0.3) is 5.69 Å². The van der Waals surface area contributed by atoms with E-state index in [1.165, 1.54) is 17.2 Å². The highest BCUT2D eigenvalue weighted by molar-refractivity contribution is 7.97. The number of nitro benzene ring substituents is 1. The largest absolute Gasteiger partial charge is 0.388 e. The van der Waals surface area contributed by atoms with Gasteiger partial charge in [0.05, 0.1) is 4.92 Å². The summed E-state index contributed by atoms with van der Waals surface area (Å²) >= 11 is 1.76. The summed E-state index contributed by atoms with van der Waals surface area (Å²) < 4.78 is 0. The zero-order valence-corrected chi connectivity index (χ0v) is 12.9. The number of anilines is 1. The van der Waals surface area contributed by atoms with Gasteiger partial charge >= 0.3 is 0 Å². The van der Waals surface area contributed by atoms with Gasteiger partial charge in [-0.1, -0.05) is 24.3 Å². The summed E-state index contributed by atoms with van der Waals surface area (Å²) in [6.07, 6.45) is 0. The fourth-order valence-electron chi connectivity index (χ4n) is 2.10. The Balaban J connectivity index is 2.07. The highest BCUT2D eigenvalue weighted by Crippen LogP contribution is 2.27. The maximum Gasteiger partial charge on any atom is 0.269 e. The Morgan fingerprint density at radius 2 is 1.86 bits per heavy atom. The lowest BCUT2D eigenvalue weighted by atomic mass is 10.1. The third kappa shape index (κ3) is 3.98. The summed E-state index contributed by atoms with van der Waals surface area (Å²) in [4.78, 5) is 10.5. The Bertz CT molecular complexity index is 644. The second kappa shape index (κ2) is 7.13. The van der Waals surface area contributed by atoms with Crippen molar-refractivity contribution in [2.45, 2.75) is 18.4 Å². The van der Waals surface area contributed by atoms with Crippen LogP contribution in [0, 0.1) is 17.0 Å². The summed E-state index contributed by atoms with van der Waals surface area (Å²) in [5.74, 6) is 1.64. The Kier molecular flexibility index (Phi) is 5.22. The third-order valence-corrected chi connectivity index (χ3v) is 4.38. The first kappa shape index (κ1) is 15.4. The van der Waals surface area contributed by atoms with Crippen LogP contribution >= 0.6 is 11.8 Å². The normalized spacial score (nSPS) is 10.4. The molecule has 0 aromatic heterocycles. The van der Waals surface area contributed by atoms with Crippen LogP contribution in [-0.2, 0) is 11.5 Å². The van der Waals surface area contributed by atoms with Crippen LogP contribution in [0.1, 0.15) is 16.7 Å². The van der Waals surface area contributed by atoms with E-state index in [9.17, 15) is 10.1 Å². The Labute approximate surface area is 128 Å². The van der Waals surface area contributed by atoms with Crippen LogP contribution in [-0.4, -0.2) is 12.0 Å². The third-order valence-electron chi connectivity index (χ3n) is 3.35. The summed E-state index contributed by atoms with van der Waals surface area (Å²) in [6, 6.07) is 13.2. The summed E-state index contributed by atoms with van der Waals surface area (Å²) in [6.45, 7) is 2.10. The Hall–Kier alpha value is -2.01. The molecule has 0 spiro atoms. The predicted molar refractivity (Wildman–Crippen MR) is 88.8 cm³/mol. The molecule has 0 aliphatic heterocycles. The van der Waals surface area contributed by atoms with E-state index in [-0.39, 0.29) is 10.6 Å². The molecule has 1 N–H and O–H groups in total. The van der Waals surface area contributed by atoms with Crippen molar-refractivity contribution in [2.75, 3.05) is 12.4 Å². The SMILES string of the molecule is CNc1ccc([N+](=O)[O-])cc1CSCc1ccccc1C. The second-order valence-corrected chi connectivity index (χ2v) is 5.75. The van der Waals surface area contributed by atoms with Crippen molar-refractivity contribution < 1.29 is 4.92 Å². The smallest absolute Gasteiger partial charge is 0.269 e. The van der Waals surface area contributed by atoms with E-state index in [1.54, 1.807) is 23.9 Å². The van der Waals surface area contributed by atoms with Crippen LogP contribution in [0.15, 0.2) is 42.5 Å². The van der Waals surface area contributed by atoms with Crippen molar-refractivity contribution in [1.82, 2.24) is 0 Å². The average Bonchev–Trinajstić information content (AvgIpc) is 2.49. The van der Waals surface area contributed by atoms with Crippen molar-refractivity contribution in [1.29, 1.82) is 0 Å². The van der Waals surface area contributed by atoms with Crippen molar-refractivity contribution in [3.05, 3.63) is 69.3 Å². The van der Waals surface area contributed by atoms with Gasteiger partial charge in [0, 0.05) is 36.4 Å². The molecule has 0 atom stereocenters. The summed E-state index contributed by atoms with van der Waals surface area (Å²) in [5.41, 5.74) is 4.63. The number of hydrogen-bond acceptors (Lipinski definition) is 4. The van der Waals surface area contributed by atoms with Crippen LogP contribution in [0.2, 0.25) is 0 Å². The molecule has 2 aromatic carbocycles. The molecule has 0 aliphatic rings. The summed E-state index contributed by atoms with van der Waals surface area (Å²) in [7, 11) is 1.83. The average molecular weight is 302 g/mol. The molecule has 0 saturated carbocycles. The van der Waals surface area contributed by atoms with Gasteiger partial charge in [0.15, 0.2) is 0 Å². The zero-order chi connectivity index (χ0) is 15.2. The minimum absolute atomic E-state index is 0.139. The minimum atomic E-state index is -0.352. The molecule has 110 valence electrons. The van der Waals surface area contributed by atoms with Crippen molar-refractivity contribution in [3.63, 3.8) is 0 Å². The monoisotopic (exact) mass is 302 g/mol. The van der Waals surface area contributed by atoms with E-state index in [1.807, 2.05) is 19.2 Å². The van der Waals surface area contributed by atoms with Crippen LogP contribution in [0.3, 0.4) is 0 Å². The number of nitrogens with one attached hydrogen (secondary N) is 1. The van der Waals surface area contributed by atoms with E-state index >= 15 is 0 Å². The number of nitro groups is 1. The molecule has 21 heavy (non-hydrogen) atoms. The van der Waals surface area contributed by atoms with Crippen molar-refractivity contribution >= 4 is 23.1 Å². The molecule has 4 nitrogen and oxygen atoms in total. The minimum Gasteiger partial charge on any atom is -0.388 e. The van der Waals surface area contributed by atoms with Gasteiger partial charge in [0.1, 0.15) is 0 Å². The quantitative estimate of drug-likeness (QED) is 0.635. The molecule has 2 rings (SSSR count). The zero-order valence-electron chi connectivity index (χ0n) is 12.1. The number of aryl methyl sites for hydroxylation is 1. The highest BCUT2D eigenvalue weighted by atomic mass is 32.2. The van der Waals surface area contributed by atoms with Gasteiger partial charge < -0.3 is 5.32 Å². The molecule has 0 saturated heterocycles. The number of thioether (sulfide) groups is 1. The summed E-state index contributed by atoms with van der Waals surface area (Å²) in [5, 5.41) is 14.0. The number of hydrogen-bond donors (Lipinski definition) is 1. The van der Waals surface area contributed by atoms with Gasteiger partial charge in [-0.3, -0.25) is 10.1 Å². The molecule has 0 fully saturated rings. The van der Waals surface area contributed by atoms with Crippen LogP contribution < -0.4 is 5.32 Å². The number of nitrogens with zero attached hydrogens (tertiary/aromatic N) is 1. The van der Waals surface area contributed by atoms with E-state index < -0.39 is 0 Å². The van der Waals surface area contributed by atoms with Gasteiger partial charge in [-0.15, -0.1) is 0 Å².